The Labute approximate surface area is 326 Å². The molecule has 0 aliphatic heterocycles. The fourth-order valence-corrected chi connectivity index (χ4v) is 10.6. The Kier molecular flexibility index (Phi) is 6.89. The first-order valence-electron chi connectivity index (χ1n) is 20.2. The maximum absolute atomic E-state index is 2.60. The summed E-state index contributed by atoms with van der Waals surface area (Å²) in [5.41, 5.74) is 18.3. The molecular formula is C54H40N2. The van der Waals surface area contributed by atoms with Crippen molar-refractivity contribution in [1.29, 1.82) is 0 Å². The highest BCUT2D eigenvalue weighted by Gasteiger charge is 2.44. The summed E-state index contributed by atoms with van der Waals surface area (Å²) in [6.07, 6.45) is 6.28. The van der Waals surface area contributed by atoms with Crippen LogP contribution in [0.5, 0.6) is 0 Å². The number of hydrogen-bond donors (Lipinski definition) is 0. The number of para-hydroxylation sites is 3. The minimum Gasteiger partial charge on any atom is -0.309 e. The van der Waals surface area contributed by atoms with E-state index in [-0.39, 0.29) is 5.41 Å². The summed E-state index contributed by atoms with van der Waals surface area (Å²) in [6.45, 7) is 0. The highest BCUT2D eigenvalue weighted by atomic mass is 15.0. The number of rotatable bonds is 4. The number of benzene rings is 8. The van der Waals surface area contributed by atoms with Gasteiger partial charge in [-0.2, -0.15) is 0 Å². The van der Waals surface area contributed by atoms with Gasteiger partial charge in [-0.3, -0.25) is 0 Å². The second-order valence-electron chi connectivity index (χ2n) is 16.0. The molecule has 1 spiro atoms. The van der Waals surface area contributed by atoms with Crippen LogP contribution in [0, 0.1) is 0 Å². The maximum atomic E-state index is 2.60. The van der Waals surface area contributed by atoms with Crippen molar-refractivity contribution in [2.75, 3.05) is 0 Å². The van der Waals surface area contributed by atoms with Crippen molar-refractivity contribution in [3.05, 3.63) is 193 Å². The molecule has 0 amide bonds. The van der Waals surface area contributed by atoms with Crippen LogP contribution in [-0.2, 0) is 5.41 Å². The molecule has 10 aromatic rings. The zero-order chi connectivity index (χ0) is 36.8. The average molecular weight is 717 g/mol. The van der Waals surface area contributed by atoms with Crippen LogP contribution in [0.2, 0.25) is 0 Å². The number of nitrogens with zero attached hydrogens (tertiary/aromatic N) is 2. The third-order valence-electron chi connectivity index (χ3n) is 13.1. The summed E-state index contributed by atoms with van der Waals surface area (Å²) in [5.74, 6) is 0. The topological polar surface area (TPSA) is 9.86 Å². The molecule has 2 aliphatic carbocycles. The second kappa shape index (κ2) is 12.2. The van der Waals surface area contributed by atoms with E-state index in [1.165, 1.54) is 132 Å². The third kappa shape index (κ3) is 4.56. The van der Waals surface area contributed by atoms with E-state index >= 15 is 0 Å². The summed E-state index contributed by atoms with van der Waals surface area (Å²) >= 11 is 0. The molecule has 2 heterocycles. The van der Waals surface area contributed by atoms with Gasteiger partial charge in [0.1, 0.15) is 0 Å². The van der Waals surface area contributed by atoms with E-state index in [0.717, 1.165) is 0 Å². The Morgan fingerprint density at radius 3 is 1.66 bits per heavy atom. The van der Waals surface area contributed by atoms with E-state index in [1.807, 2.05) is 0 Å². The molecule has 266 valence electrons. The lowest BCUT2D eigenvalue weighted by molar-refractivity contribution is 0.353. The van der Waals surface area contributed by atoms with Gasteiger partial charge in [-0.05, 0) is 118 Å². The normalized spacial score (nSPS) is 14.6. The molecule has 0 unspecified atom stereocenters. The molecule has 0 saturated heterocycles. The van der Waals surface area contributed by atoms with Gasteiger partial charge in [0.15, 0.2) is 0 Å². The van der Waals surface area contributed by atoms with E-state index in [1.54, 1.807) is 0 Å². The lowest BCUT2D eigenvalue weighted by Crippen LogP contribution is -2.28. The van der Waals surface area contributed by atoms with Crippen molar-refractivity contribution < 1.29 is 0 Å². The van der Waals surface area contributed by atoms with Crippen molar-refractivity contribution in [1.82, 2.24) is 9.13 Å². The van der Waals surface area contributed by atoms with Gasteiger partial charge in [-0.15, -0.1) is 0 Å². The number of fused-ring (bicyclic) bond motifs is 11. The van der Waals surface area contributed by atoms with Gasteiger partial charge in [0.05, 0.1) is 22.1 Å². The van der Waals surface area contributed by atoms with Crippen molar-refractivity contribution in [2.24, 2.45) is 0 Å². The van der Waals surface area contributed by atoms with Crippen molar-refractivity contribution in [3.63, 3.8) is 0 Å². The summed E-state index contributed by atoms with van der Waals surface area (Å²) in [5, 5.41) is 5.24. The van der Waals surface area contributed by atoms with Crippen molar-refractivity contribution >= 4 is 43.6 Å². The number of aromatic nitrogens is 2. The average Bonchev–Trinajstić information content (AvgIpc) is 3.87. The molecule has 1 fully saturated rings. The third-order valence-corrected chi connectivity index (χ3v) is 13.1. The zero-order valence-electron chi connectivity index (χ0n) is 31.3. The largest absolute Gasteiger partial charge is 0.309 e. The lowest BCUT2D eigenvalue weighted by Gasteiger charge is -2.36. The van der Waals surface area contributed by atoms with Gasteiger partial charge >= 0.3 is 0 Å². The minimum atomic E-state index is 0.0513. The van der Waals surface area contributed by atoms with Crippen LogP contribution in [0.15, 0.2) is 182 Å². The zero-order valence-corrected chi connectivity index (χ0v) is 31.3. The highest BCUT2D eigenvalue weighted by molar-refractivity contribution is 6.12. The van der Waals surface area contributed by atoms with E-state index in [9.17, 15) is 0 Å². The number of hydrogen-bond acceptors (Lipinski definition) is 0. The summed E-state index contributed by atoms with van der Waals surface area (Å²) in [4.78, 5) is 0. The molecule has 0 atom stereocenters. The van der Waals surface area contributed by atoms with Crippen LogP contribution in [-0.4, -0.2) is 9.13 Å². The summed E-state index contributed by atoms with van der Waals surface area (Å²) in [6, 6.07) is 68.0. The van der Waals surface area contributed by atoms with Crippen molar-refractivity contribution in [3.8, 4) is 44.8 Å². The fourth-order valence-electron chi connectivity index (χ4n) is 10.6. The first-order valence-corrected chi connectivity index (χ1v) is 20.2. The SMILES string of the molecule is c1ccc(-c2cccc(-n3c4ccccc4c4cc5c(cc43)-c3cc(-c4ccc6c7ccccc7n(-c7ccccc7)c6c4)ccc3C53CCCCC3)c2)cc1. The van der Waals surface area contributed by atoms with Crippen LogP contribution < -0.4 is 0 Å². The molecule has 12 rings (SSSR count). The predicted molar refractivity (Wildman–Crippen MR) is 235 cm³/mol. The van der Waals surface area contributed by atoms with Crippen molar-refractivity contribution in [2.45, 2.75) is 37.5 Å². The van der Waals surface area contributed by atoms with E-state index in [4.69, 9.17) is 0 Å². The smallest absolute Gasteiger partial charge is 0.0547 e. The molecular weight excluding hydrogens is 677 g/mol. The quantitative estimate of drug-likeness (QED) is 0.172. The van der Waals surface area contributed by atoms with Crippen LogP contribution >= 0.6 is 0 Å². The molecule has 2 aliphatic rings. The highest BCUT2D eigenvalue weighted by Crippen LogP contribution is 2.58. The summed E-state index contributed by atoms with van der Waals surface area (Å²) in [7, 11) is 0. The van der Waals surface area contributed by atoms with Gasteiger partial charge in [0.2, 0.25) is 0 Å². The minimum absolute atomic E-state index is 0.0513. The first kappa shape index (κ1) is 31.7. The first-order chi connectivity index (χ1) is 27.7. The molecule has 0 radical (unpaired) electrons. The lowest BCUT2D eigenvalue weighted by atomic mass is 9.67. The monoisotopic (exact) mass is 716 g/mol. The van der Waals surface area contributed by atoms with Gasteiger partial charge in [0.25, 0.3) is 0 Å². The van der Waals surface area contributed by atoms with Gasteiger partial charge in [-0.25, -0.2) is 0 Å². The van der Waals surface area contributed by atoms with Crippen LogP contribution in [0.1, 0.15) is 43.2 Å². The predicted octanol–water partition coefficient (Wildman–Crippen LogP) is 14.4. The molecule has 2 heteroatoms. The van der Waals surface area contributed by atoms with Gasteiger partial charge < -0.3 is 9.13 Å². The van der Waals surface area contributed by atoms with Crippen LogP contribution in [0.25, 0.3) is 88.4 Å². The van der Waals surface area contributed by atoms with Gasteiger partial charge in [-0.1, -0.05) is 141 Å². The standard InChI is InChI=1S/C54H40N2/c1-4-15-36(16-5-1)37-17-14-20-41(31-37)56-51-24-11-9-22-43(51)47-34-49-46(35-53(47)56)45-32-38(26-28-48(45)54(49)29-12-3-13-30-54)39-25-27-44-42-21-8-10-23-50(42)55(52(44)33-39)40-18-6-2-7-19-40/h1-2,4-11,14-28,31-35H,3,12-13,29-30H2. The van der Waals surface area contributed by atoms with Crippen LogP contribution in [0.4, 0.5) is 0 Å². The van der Waals surface area contributed by atoms with E-state index < -0.39 is 0 Å². The maximum Gasteiger partial charge on any atom is 0.0547 e. The van der Waals surface area contributed by atoms with Crippen LogP contribution in [0.3, 0.4) is 0 Å². The Balaban J connectivity index is 1.08. The van der Waals surface area contributed by atoms with Gasteiger partial charge in [0, 0.05) is 38.3 Å². The molecule has 8 aromatic carbocycles. The molecule has 0 N–H and O–H groups in total. The molecule has 0 bridgehead atoms. The molecule has 1 saturated carbocycles. The second-order valence-corrected chi connectivity index (χ2v) is 16.0. The Hall–Kier alpha value is -6.64. The Morgan fingerprint density at radius 1 is 0.321 bits per heavy atom. The van der Waals surface area contributed by atoms with E-state index in [2.05, 4.69) is 191 Å². The molecule has 2 aromatic heterocycles. The molecule has 56 heavy (non-hydrogen) atoms. The Bertz CT molecular complexity index is 3160. The Morgan fingerprint density at radius 2 is 0.875 bits per heavy atom. The fraction of sp³-hybridized carbons (Fsp3) is 0.111. The van der Waals surface area contributed by atoms with E-state index in [0.29, 0.717) is 0 Å². The summed E-state index contributed by atoms with van der Waals surface area (Å²) < 4.78 is 4.93. The molecule has 2 nitrogen and oxygen atoms in total.